The standard InChI is InChI=1S/C22H23BrN2O3/c1-13-8-18-16(10-22(27)28-20(18)9-14(13)2)11-25(4)12-21(26)24-19-6-5-17(23)7-15(19)3/h5-10H,11-12H2,1-4H3,(H,24,26). The summed E-state index contributed by atoms with van der Waals surface area (Å²) in [6.07, 6.45) is 0. The van der Waals surface area contributed by atoms with Crippen molar-refractivity contribution in [3.05, 3.63) is 73.5 Å². The molecule has 1 heterocycles. The molecule has 3 rings (SSSR count). The van der Waals surface area contributed by atoms with Gasteiger partial charge >= 0.3 is 5.63 Å². The molecule has 0 atom stereocenters. The van der Waals surface area contributed by atoms with Crippen LogP contribution in [0.5, 0.6) is 0 Å². The molecule has 0 unspecified atom stereocenters. The Labute approximate surface area is 172 Å². The minimum absolute atomic E-state index is 0.104. The van der Waals surface area contributed by atoms with E-state index in [-0.39, 0.29) is 18.1 Å². The van der Waals surface area contributed by atoms with Gasteiger partial charge in [-0.05, 0) is 80.4 Å². The molecule has 0 aliphatic carbocycles. The number of hydrogen-bond donors (Lipinski definition) is 1. The summed E-state index contributed by atoms with van der Waals surface area (Å²) in [5, 5.41) is 3.84. The highest BCUT2D eigenvalue weighted by molar-refractivity contribution is 9.10. The second-order valence-corrected chi connectivity index (χ2v) is 8.12. The molecule has 6 heteroatoms. The number of nitrogens with one attached hydrogen (secondary N) is 1. The van der Waals surface area contributed by atoms with Crippen LogP contribution in [0.4, 0.5) is 5.69 Å². The highest BCUT2D eigenvalue weighted by Crippen LogP contribution is 2.23. The number of amides is 1. The van der Waals surface area contributed by atoms with Crippen molar-refractivity contribution in [3.8, 4) is 0 Å². The molecule has 3 aromatic rings. The van der Waals surface area contributed by atoms with Crippen LogP contribution in [0.2, 0.25) is 0 Å². The first-order valence-corrected chi connectivity index (χ1v) is 9.81. The number of nitrogens with zero attached hydrogens (tertiary/aromatic N) is 1. The second kappa shape index (κ2) is 8.29. The third-order valence-corrected chi connectivity index (χ3v) is 5.25. The summed E-state index contributed by atoms with van der Waals surface area (Å²) in [6, 6.07) is 11.1. The zero-order valence-corrected chi connectivity index (χ0v) is 18.0. The van der Waals surface area contributed by atoms with Gasteiger partial charge in [0.25, 0.3) is 0 Å². The lowest BCUT2D eigenvalue weighted by molar-refractivity contribution is -0.117. The van der Waals surface area contributed by atoms with Crippen molar-refractivity contribution in [2.45, 2.75) is 27.3 Å². The van der Waals surface area contributed by atoms with Crippen molar-refractivity contribution in [1.82, 2.24) is 4.90 Å². The van der Waals surface area contributed by atoms with E-state index in [0.29, 0.717) is 12.1 Å². The Kier molecular flexibility index (Phi) is 6.01. The van der Waals surface area contributed by atoms with Gasteiger partial charge in [-0.3, -0.25) is 9.69 Å². The van der Waals surface area contributed by atoms with E-state index in [1.807, 2.05) is 63.1 Å². The van der Waals surface area contributed by atoms with Crippen LogP contribution >= 0.6 is 15.9 Å². The number of halogens is 1. The van der Waals surface area contributed by atoms with Gasteiger partial charge in [0.1, 0.15) is 5.58 Å². The molecule has 0 aliphatic heterocycles. The van der Waals surface area contributed by atoms with Gasteiger partial charge in [-0.1, -0.05) is 15.9 Å². The Balaban J connectivity index is 1.75. The van der Waals surface area contributed by atoms with E-state index >= 15 is 0 Å². The Morgan fingerprint density at radius 2 is 1.79 bits per heavy atom. The first kappa shape index (κ1) is 20.3. The van der Waals surface area contributed by atoms with E-state index in [2.05, 4.69) is 21.2 Å². The first-order chi connectivity index (χ1) is 13.2. The fourth-order valence-electron chi connectivity index (χ4n) is 3.16. The fourth-order valence-corrected chi connectivity index (χ4v) is 3.64. The molecule has 0 fully saturated rings. The Morgan fingerprint density at radius 1 is 1.07 bits per heavy atom. The van der Waals surface area contributed by atoms with E-state index in [0.717, 1.165) is 37.8 Å². The molecule has 0 aliphatic rings. The summed E-state index contributed by atoms with van der Waals surface area (Å²) >= 11 is 3.42. The third-order valence-electron chi connectivity index (χ3n) is 4.76. The number of likely N-dealkylation sites (N-methyl/N-ethyl adjacent to an activating group) is 1. The topological polar surface area (TPSA) is 62.6 Å². The molecule has 1 N–H and O–H groups in total. The monoisotopic (exact) mass is 442 g/mol. The van der Waals surface area contributed by atoms with Crippen LogP contribution in [-0.2, 0) is 11.3 Å². The van der Waals surface area contributed by atoms with Crippen molar-refractivity contribution in [2.75, 3.05) is 18.9 Å². The molecule has 28 heavy (non-hydrogen) atoms. The van der Waals surface area contributed by atoms with Gasteiger partial charge in [0, 0.05) is 28.2 Å². The van der Waals surface area contributed by atoms with E-state index in [1.54, 1.807) is 0 Å². The molecule has 5 nitrogen and oxygen atoms in total. The SMILES string of the molecule is Cc1cc2oc(=O)cc(CN(C)CC(=O)Nc3ccc(Br)cc3C)c2cc1C. The van der Waals surface area contributed by atoms with Gasteiger partial charge < -0.3 is 9.73 Å². The van der Waals surface area contributed by atoms with Crippen LogP contribution in [0.3, 0.4) is 0 Å². The van der Waals surface area contributed by atoms with Crippen LogP contribution in [-0.4, -0.2) is 24.4 Å². The van der Waals surface area contributed by atoms with Crippen molar-refractivity contribution < 1.29 is 9.21 Å². The molecule has 0 bridgehead atoms. The van der Waals surface area contributed by atoms with Crippen LogP contribution in [0.15, 0.2) is 50.1 Å². The number of fused-ring (bicyclic) bond motifs is 1. The first-order valence-electron chi connectivity index (χ1n) is 9.01. The predicted molar refractivity (Wildman–Crippen MR) is 116 cm³/mol. The predicted octanol–water partition coefficient (Wildman–Crippen LogP) is 4.55. The van der Waals surface area contributed by atoms with Crippen molar-refractivity contribution in [2.24, 2.45) is 0 Å². The average Bonchev–Trinajstić information content (AvgIpc) is 2.59. The summed E-state index contributed by atoms with van der Waals surface area (Å²) in [7, 11) is 1.86. The quantitative estimate of drug-likeness (QED) is 0.588. The Hall–Kier alpha value is -2.44. The van der Waals surface area contributed by atoms with Crippen LogP contribution in [0.25, 0.3) is 11.0 Å². The smallest absolute Gasteiger partial charge is 0.336 e. The number of aryl methyl sites for hydroxylation is 3. The van der Waals surface area contributed by atoms with Gasteiger partial charge in [0.2, 0.25) is 5.91 Å². The van der Waals surface area contributed by atoms with Crippen molar-refractivity contribution in [3.63, 3.8) is 0 Å². The molecule has 0 saturated heterocycles. The van der Waals surface area contributed by atoms with Crippen LogP contribution < -0.4 is 10.9 Å². The number of rotatable bonds is 5. The number of carbonyl (C=O) groups is 1. The minimum atomic E-state index is -0.380. The minimum Gasteiger partial charge on any atom is -0.423 e. The maximum Gasteiger partial charge on any atom is 0.336 e. The highest BCUT2D eigenvalue weighted by atomic mass is 79.9. The summed E-state index contributed by atoms with van der Waals surface area (Å²) in [6.45, 7) is 6.65. The normalized spacial score (nSPS) is 11.2. The van der Waals surface area contributed by atoms with Gasteiger partial charge in [-0.15, -0.1) is 0 Å². The molecule has 0 radical (unpaired) electrons. The zero-order valence-electron chi connectivity index (χ0n) is 16.4. The van der Waals surface area contributed by atoms with Gasteiger partial charge in [-0.25, -0.2) is 4.79 Å². The number of benzene rings is 2. The van der Waals surface area contributed by atoms with Crippen LogP contribution in [0, 0.1) is 20.8 Å². The van der Waals surface area contributed by atoms with E-state index in [4.69, 9.17) is 4.42 Å². The molecule has 2 aromatic carbocycles. The molecular weight excluding hydrogens is 420 g/mol. The van der Waals surface area contributed by atoms with E-state index in [9.17, 15) is 9.59 Å². The zero-order chi connectivity index (χ0) is 20.4. The molecule has 1 aromatic heterocycles. The summed E-state index contributed by atoms with van der Waals surface area (Å²) < 4.78 is 6.32. The summed E-state index contributed by atoms with van der Waals surface area (Å²) in [5.74, 6) is -0.104. The number of carbonyl (C=O) groups excluding carboxylic acids is 1. The Bertz CT molecular complexity index is 1100. The maximum atomic E-state index is 12.4. The molecule has 0 spiro atoms. The molecule has 1 amide bonds. The molecule has 146 valence electrons. The van der Waals surface area contributed by atoms with Crippen LogP contribution in [0.1, 0.15) is 22.3 Å². The average molecular weight is 443 g/mol. The van der Waals surface area contributed by atoms with E-state index < -0.39 is 0 Å². The van der Waals surface area contributed by atoms with Gasteiger partial charge in [0.05, 0.1) is 6.54 Å². The fraction of sp³-hybridized carbons (Fsp3) is 0.273. The molecular formula is C22H23BrN2O3. The lowest BCUT2D eigenvalue weighted by Gasteiger charge is -2.18. The Morgan fingerprint density at radius 3 is 2.50 bits per heavy atom. The highest BCUT2D eigenvalue weighted by Gasteiger charge is 2.13. The maximum absolute atomic E-state index is 12.4. The second-order valence-electron chi connectivity index (χ2n) is 7.20. The van der Waals surface area contributed by atoms with Gasteiger partial charge in [0.15, 0.2) is 0 Å². The number of hydrogen-bond acceptors (Lipinski definition) is 4. The lowest BCUT2D eigenvalue weighted by Crippen LogP contribution is -2.30. The molecule has 0 saturated carbocycles. The summed E-state index contributed by atoms with van der Waals surface area (Å²) in [4.78, 5) is 26.3. The van der Waals surface area contributed by atoms with Gasteiger partial charge in [-0.2, -0.15) is 0 Å². The third kappa shape index (κ3) is 4.69. The summed E-state index contributed by atoms with van der Waals surface area (Å²) in [5.41, 5.74) is 5.04. The van der Waals surface area contributed by atoms with Crippen molar-refractivity contribution >= 4 is 38.5 Å². The lowest BCUT2D eigenvalue weighted by atomic mass is 10.0. The van der Waals surface area contributed by atoms with Crippen molar-refractivity contribution in [1.29, 1.82) is 0 Å². The number of anilines is 1. The largest absolute Gasteiger partial charge is 0.423 e. The van der Waals surface area contributed by atoms with E-state index in [1.165, 1.54) is 6.07 Å².